The first-order valence-electron chi connectivity index (χ1n) is 11.3. The number of pyridine rings is 1. The number of para-hydroxylation sites is 2. The van der Waals surface area contributed by atoms with Crippen LogP contribution in [0.5, 0.6) is 0 Å². The molecular formula is C24H31N5O2. The molecule has 7 heteroatoms. The van der Waals surface area contributed by atoms with Crippen LogP contribution in [0.4, 0.5) is 11.4 Å². The van der Waals surface area contributed by atoms with E-state index in [0.29, 0.717) is 35.6 Å². The number of nitrogen functional groups attached to an aromatic ring is 1. The van der Waals surface area contributed by atoms with Gasteiger partial charge in [-0.3, -0.25) is 19.5 Å². The van der Waals surface area contributed by atoms with Crippen LogP contribution in [0, 0.1) is 0 Å². The van der Waals surface area contributed by atoms with Gasteiger partial charge in [0.15, 0.2) is 0 Å². The molecule has 2 fully saturated rings. The molecule has 164 valence electrons. The Morgan fingerprint density at radius 1 is 1.00 bits per heavy atom. The molecule has 7 nitrogen and oxygen atoms in total. The lowest BCUT2D eigenvalue weighted by Crippen LogP contribution is -2.45. The minimum absolute atomic E-state index is 0.151. The van der Waals surface area contributed by atoms with Gasteiger partial charge in [0.2, 0.25) is 0 Å². The first-order valence-corrected chi connectivity index (χ1v) is 11.3. The summed E-state index contributed by atoms with van der Waals surface area (Å²) in [6.45, 7) is 1.80. The Labute approximate surface area is 183 Å². The zero-order valence-corrected chi connectivity index (χ0v) is 17.8. The molecule has 2 amide bonds. The van der Waals surface area contributed by atoms with E-state index in [1.807, 2.05) is 0 Å². The van der Waals surface area contributed by atoms with Crippen LogP contribution < -0.4 is 16.4 Å². The van der Waals surface area contributed by atoms with Crippen molar-refractivity contribution in [3.05, 3.63) is 53.9 Å². The standard InChI is InChI=1S/C24H31N5O2/c25-20-10-4-5-11-21(20)28-24(31)22-13-12-17(15-26-22)23(30)27-16-19-9-6-14-29(19)18-7-2-1-3-8-18/h4-5,10-13,15,18-19H,1-3,6-9,14,16,25H2,(H,27,30)(H,28,31). The number of carbonyl (C=O) groups excluding carboxylic acids is 2. The van der Waals surface area contributed by atoms with Crippen LogP contribution in [0.1, 0.15) is 65.8 Å². The van der Waals surface area contributed by atoms with Crippen LogP contribution in [0.25, 0.3) is 0 Å². The first kappa shape index (κ1) is 21.3. The Balaban J connectivity index is 1.31. The second-order valence-corrected chi connectivity index (χ2v) is 8.51. The van der Waals surface area contributed by atoms with Crippen molar-refractivity contribution < 1.29 is 9.59 Å². The average molecular weight is 422 g/mol. The number of hydrogen-bond donors (Lipinski definition) is 3. The minimum Gasteiger partial charge on any atom is -0.397 e. The van der Waals surface area contributed by atoms with Crippen molar-refractivity contribution in [1.29, 1.82) is 0 Å². The summed E-state index contributed by atoms with van der Waals surface area (Å²) in [6.07, 6.45) is 10.4. The molecular weight excluding hydrogens is 390 g/mol. The molecule has 1 aromatic heterocycles. The molecule has 1 saturated heterocycles. The largest absolute Gasteiger partial charge is 0.397 e. The molecule has 1 aliphatic heterocycles. The van der Waals surface area contributed by atoms with Crippen LogP contribution in [-0.2, 0) is 0 Å². The van der Waals surface area contributed by atoms with Gasteiger partial charge in [-0.2, -0.15) is 0 Å². The number of anilines is 2. The Morgan fingerprint density at radius 2 is 1.81 bits per heavy atom. The molecule has 4 rings (SSSR count). The van der Waals surface area contributed by atoms with E-state index >= 15 is 0 Å². The van der Waals surface area contributed by atoms with Crippen LogP contribution in [0.15, 0.2) is 42.6 Å². The zero-order valence-electron chi connectivity index (χ0n) is 17.8. The normalized spacial score (nSPS) is 19.8. The highest BCUT2D eigenvalue weighted by molar-refractivity contribution is 6.04. The van der Waals surface area contributed by atoms with Gasteiger partial charge >= 0.3 is 0 Å². The van der Waals surface area contributed by atoms with Crippen molar-refractivity contribution >= 4 is 23.2 Å². The van der Waals surface area contributed by atoms with Gasteiger partial charge in [-0.25, -0.2) is 0 Å². The first-order chi connectivity index (χ1) is 15.1. The monoisotopic (exact) mass is 421 g/mol. The van der Waals surface area contributed by atoms with E-state index in [2.05, 4.69) is 20.5 Å². The third-order valence-electron chi connectivity index (χ3n) is 6.43. The topological polar surface area (TPSA) is 100 Å². The highest BCUT2D eigenvalue weighted by Crippen LogP contribution is 2.29. The van der Waals surface area contributed by atoms with Crippen molar-refractivity contribution in [1.82, 2.24) is 15.2 Å². The smallest absolute Gasteiger partial charge is 0.274 e. The third-order valence-corrected chi connectivity index (χ3v) is 6.43. The predicted molar refractivity (Wildman–Crippen MR) is 122 cm³/mol. The van der Waals surface area contributed by atoms with Crippen molar-refractivity contribution in [3.63, 3.8) is 0 Å². The summed E-state index contributed by atoms with van der Waals surface area (Å²) in [5, 5.41) is 5.81. The maximum atomic E-state index is 12.6. The van der Waals surface area contributed by atoms with Crippen LogP contribution >= 0.6 is 0 Å². The number of benzene rings is 1. The van der Waals surface area contributed by atoms with Gasteiger partial charge in [-0.05, 0) is 56.5 Å². The van der Waals surface area contributed by atoms with Gasteiger partial charge in [0, 0.05) is 24.8 Å². The third kappa shape index (κ3) is 5.22. The lowest BCUT2D eigenvalue weighted by atomic mass is 9.94. The molecule has 1 saturated carbocycles. The summed E-state index contributed by atoms with van der Waals surface area (Å²) in [7, 11) is 0. The molecule has 0 bridgehead atoms. The molecule has 4 N–H and O–H groups in total. The fourth-order valence-electron chi connectivity index (χ4n) is 4.74. The number of carbonyl (C=O) groups is 2. The summed E-state index contributed by atoms with van der Waals surface area (Å²) >= 11 is 0. The maximum absolute atomic E-state index is 12.6. The lowest BCUT2D eigenvalue weighted by molar-refractivity contribution is 0.0918. The molecule has 0 radical (unpaired) electrons. The van der Waals surface area contributed by atoms with E-state index < -0.39 is 0 Å². The Hall–Kier alpha value is -2.93. The van der Waals surface area contributed by atoms with E-state index in [1.165, 1.54) is 44.7 Å². The number of hydrogen-bond acceptors (Lipinski definition) is 5. The van der Waals surface area contributed by atoms with Crippen LogP contribution in [-0.4, -0.2) is 46.9 Å². The number of amides is 2. The highest BCUT2D eigenvalue weighted by Gasteiger charge is 2.31. The number of likely N-dealkylation sites (tertiary alicyclic amines) is 1. The summed E-state index contributed by atoms with van der Waals surface area (Å²) in [5.74, 6) is -0.513. The quantitative estimate of drug-likeness (QED) is 0.621. The number of aromatic nitrogens is 1. The van der Waals surface area contributed by atoms with Crippen molar-refractivity contribution in [3.8, 4) is 0 Å². The Bertz CT molecular complexity index is 908. The fraction of sp³-hybridized carbons (Fsp3) is 0.458. The fourth-order valence-corrected chi connectivity index (χ4v) is 4.74. The summed E-state index contributed by atoms with van der Waals surface area (Å²) in [6, 6.07) is 11.3. The lowest BCUT2D eigenvalue weighted by Gasteiger charge is -2.35. The second kappa shape index (κ2) is 9.92. The van der Waals surface area contributed by atoms with Crippen LogP contribution in [0.2, 0.25) is 0 Å². The minimum atomic E-state index is -0.362. The predicted octanol–water partition coefficient (Wildman–Crippen LogP) is 3.44. The van der Waals surface area contributed by atoms with Gasteiger partial charge in [-0.15, -0.1) is 0 Å². The number of nitrogens with zero attached hydrogens (tertiary/aromatic N) is 2. The van der Waals surface area contributed by atoms with E-state index in [0.717, 1.165) is 13.0 Å². The van der Waals surface area contributed by atoms with Gasteiger partial charge in [0.25, 0.3) is 11.8 Å². The maximum Gasteiger partial charge on any atom is 0.274 e. The van der Waals surface area contributed by atoms with E-state index in [1.54, 1.807) is 36.4 Å². The molecule has 1 aromatic carbocycles. The number of nitrogens with two attached hydrogens (primary N) is 1. The van der Waals surface area contributed by atoms with E-state index in [4.69, 9.17) is 5.73 Å². The van der Waals surface area contributed by atoms with Crippen molar-refractivity contribution in [2.45, 2.75) is 57.0 Å². The SMILES string of the molecule is Nc1ccccc1NC(=O)c1ccc(C(=O)NCC2CCCN2C2CCCCC2)cn1. The number of nitrogens with one attached hydrogen (secondary N) is 2. The second-order valence-electron chi connectivity index (χ2n) is 8.51. The highest BCUT2D eigenvalue weighted by atomic mass is 16.2. The van der Waals surface area contributed by atoms with Gasteiger partial charge in [-0.1, -0.05) is 31.4 Å². The molecule has 31 heavy (non-hydrogen) atoms. The van der Waals surface area contributed by atoms with Gasteiger partial charge in [0.1, 0.15) is 5.69 Å². The molecule has 1 aliphatic carbocycles. The Kier molecular flexibility index (Phi) is 6.82. The molecule has 0 spiro atoms. The van der Waals surface area contributed by atoms with Crippen molar-refractivity contribution in [2.24, 2.45) is 0 Å². The molecule has 2 heterocycles. The number of rotatable bonds is 6. The average Bonchev–Trinajstić information content (AvgIpc) is 3.28. The summed E-state index contributed by atoms with van der Waals surface area (Å²) < 4.78 is 0. The van der Waals surface area contributed by atoms with E-state index in [9.17, 15) is 9.59 Å². The Morgan fingerprint density at radius 3 is 2.55 bits per heavy atom. The molecule has 2 aromatic rings. The van der Waals surface area contributed by atoms with E-state index in [-0.39, 0.29) is 17.5 Å². The molecule has 1 atom stereocenters. The summed E-state index contributed by atoms with van der Waals surface area (Å²) in [5.41, 5.74) is 7.58. The molecule has 1 unspecified atom stereocenters. The van der Waals surface area contributed by atoms with Gasteiger partial charge < -0.3 is 16.4 Å². The van der Waals surface area contributed by atoms with Gasteiger partial charge in [0.05, 0.1) is 16.9 Å². The molecule has 2 aliphatic rings. The van der Waals surface area contributed by atoms with Crippen molar-refractivity contribution in [2.75, 3.05) is 24.1 Å². The van der Waals surface area contributed by atoms with Crippen LogP contribution in [0.3, 0.4) is 0 Å². The zero-order chi connectivity index (χ0) is 21.6. The summed E-state index contributed by atoms with van der Waals surface area (Å²) in [4.78, 5) is 31.8.